The molecule has 2 rings (SSSR count). The topological polar surface area (TPSA) is 76.0 Å². The summed E-state index contributed by atoms with van der Waals surface area (Å²) in [5.74, 6) is -0.278. The Morgan fingerprint density at radius 1 is 1.33 bits per heavy atom. The number of carbonyl (C=O) groups is 2. The van der Waals surface area contributed by atoms with Gasteiger partial charge in [0.2, 0.25) is 5.91 Å². The van der Waals surface area contributed by atoms with Crippen LogP contribution in [0.4, 0.5) is 4.79 Å². The summed E-state index contributed by atoms with van der Waals surface area (Å²) in [7, 11) is 0. The Kier molecular flexibility index (Phi) is 6.20. The molecular formula is C17H20N4O2S. The van der Waals surface area contributed by atoms with E-state index in [0.29, 0.717) is 11.7 Å². The number of hydrogen-bond donors (Lipinski definition) is 2. The summed E-state index contributed by atoms with van der Waals surface area (Å²) in [6.07, 6.45) is 5.08. The number of imidazole rings is 1. The number of aryl methyl sites for hydroxylation is 2. The van der Waals surface area contributed by atoms with E-state index >= 15 is 0 Å². The van der Waals surface area contributed by atoms with Crippen LogP contribution in [0.3, 0.4) is 0 Å². The highest BCUT2D eigenvalue weighted by molar-refractivity contribution is 7.99. The Balaban J connectivity index is 1.98. The van der Waals surface area contributed by atoms with Crippen LogP contribution in [0.5, 0.6) is 0 Å². The number of hydrogen-bond acceptors (Lipinski definition) is 4. The van der Waals surface area contributed by atoms with Gasteiger partial charge in [-0.1, -0.05) is 23.9 Å². The summed E-state index contributed by atoms with van der Waals surface area (Å²) in [5.41, 5.74) is 3.40. The Bertz CT molecular complexity index is 755. The van der Waals surface area contributed by atoms with Crippen molar-refractivity contribution in [1.82, 2.24) is 20.2 Å². The fourth-order valence-corrected chi connectivity index (χ4v) is 2.74. The monoisotopic (exact) mass is 344 g/mol. The van der Waals surface area contributed by atoms with Crippen molar-refractivity contribution in [1.29, 1.82) is 0 Å². The number of benzene rings is 1. The molecule has 126 valence electrons. The lowest BCUT2D eigenvalue weighted by Crippen LogP contribution is -2.40. The number of aromatic nitrogens is 2. The predicted octanol–water partition coefficient (Wildman–Crippen LogP) is 2.59. The van der Waals surface area contributed by atoms with Gasteiger partial charge in [0.15, 0.2) is 5.16 Å². The van der Waals surface area contributed by atoms with E-state index in [4.69, 9.17) is 0 Å². The lowest BCUT2D eigenvalue weighted by molar-refractivity contribution is -0.117. The summed E-state index contributed by atoms with van der Waals surface area (Å²) < 4.78 is 1.92. The number of amides is 3. The van der Waals surface area contributed by atoms with E-state index in [0.717, 1.165) is 5.69 Å². The number of rotatable bonds is 6. The predicted molar refractivity (Wildman–Crippen MR) is 95.5 cm³/mol. The third-order valence-corrected chi connectivity index (χ3v) is 4.33. The molecule has 2 N–H and O–H groups in total. The molecule has 0 spiro atoms. The molecule has 24 heavy (non-hydrogen) atoms. The van der Waals surface area contributed by atoms with E-state index < -0.39 is 6.03 Å². The van der Waals surface area contributed by atoms with Gasteiger partial charge in [-0.05, 0) is 37.1 Å². The minimum absolute atomic E-state index is 0.101. The second-order valence-corrected chi connectivity index (χ2v) is 6.13. The van der Waals surface area contributed by atoms with E-state index in [1.54, 1.807) is 12.3 Å². The van der Waals surface area contributed by atoms with Crippen molar-refractivity contribution in [3.8, 4) is 5.69 Å². The molecule has 0 aliphatic carbocycles. The number of imide groups is 1. The van der Waals surface area contributed by atoms with Crippen LogP contribution in [0.15, 0.2) is 48.4 Å². The normalized spacial score (nSPS) is 10.2. The van der Waals surface area contributed by atoms with E-state index in [-0.39, 0.29) is 11.7 Å². The molecule has 6 nitrogen and oxygen atoms in total. The molecule has 0 saturated carbocycles. The van der Waals surface area contributed by atoms with Crippen molar-refractivity contribution < 1.29 is 9.59 Å². The Morgan fingerprint density at radius 3 is 2.83 bits per heavy atom. The molecule has 1 heterocycles. The highest BCUT2D eigenvalue weighted by atomic mass is 32.2. The van der Waals surface area contributed by atoms with Crippen molar-refractivity contribution in [3.05, 3.63) is 54.4 Å². The Morgan fingerprint density at radius 2 is 2.12 bits per heavy atom. The zero-order chi connectivity index (χ0) is 17.5. The van der Waals surface area contributed by atoms with Crippen LogP contribution in [0.2, 0.25) is 0 Å². The molecule has 0 saturated heterocycles. The van der Waals surface area contributed by atoms with Gasteiger partial charge in [0.1, 0.15) is 0 Å². The fourth-order valence-electron chi connectivity index (χ4n) is 1.97. The standard InChI is InChI=1S/C17H20N4O2S/c1-4-7-18-16(23)20-15(22)11-24-17-19-8-9-21(17)14-6-5-12(2)13(3)10-14/h4-6,8-10H,1,7,11H2,2-3H3,(H2,18,20,22,23). The van der Waals surface area contributed by atoms with Crippen molar-refractivity contribution in [3.63, 3.8) is 0 Å². The SMILES string of the molecule is C=CCNC(=O)NC(=O)CSc1nccn1-c1ccc(C)c(C)c1. The Hall–Kier alpha value is -2.54. The molecule has 0 aliphatic heterocycles. The molecule has 2 aromatic rings. The molecule has 0 unspecified atom stereocenters. The summed E-state index contributed by atoms with van der Waals surface area (Å²) in [6.45, 7) is 7.91. The average Bonchev–Trinajstić information content (AvgIpc) is 3.02. The maximum Gasteiger partial charge on any atom is 0.321 e. The smallest absolute Gasteiger partial charge is 0.321 e. The van der Waals surface area contributed by atoms with E-state index in [1.165, 1.54) is 22.9 Å². The summed E-state index contributed by atoms with van der Waals surface area (Å²) in [4.78, 5) is 27.5. The first-order valence-corrected chi connectivity index (χ1v) is 8.42. The molecule has 1 aromatic heterocycles. The van der Waals surface area contributed by atoms with Crippen LogP contribution >= 0.6 is 11.8 Å². The number of thioether (sulfide) groups is 1. The molecule has 1 aromatic carbocycles. The third kappa shape index (κ3) is 4.73. The van der Waals surface area contributed by atoms with Crippen molar-refractivity contribution in [2.75, 3.05) is 12.3 Å². The number of urea groups is 1. The number of nitrogens with one attached hydrogen (secondary N) is 2. The number of nitrogens with zero attached hydrogens (tertiary/aromatic N) is 2. The first-order valence-electron chi connectivity index (χ1n) is 7.43. The zero-order valence-electron chi connectivity index (χ0n) is 13.7. The quantitative estimate of drug-likeness (QED) is 0.624. The highest BCUT2D eigenvalue weighted by Gasteiger charge is 2.11. The van der Waals surface area contributed by atoms with Gasteiger partial charge in [-0.25, -0.2) is 9.78 Å². The van der Waals surface area contributed by atoms with Crippen molar-refractivity contribution in [2.45, 2.75) is 19.0 Å². The van der Waals surface area contributed by atoms with Crippen LogP contribution < -0.4 is 10.6 Å². The van der Waals surface area contributed by atoms with E-state index in [2.05, 4.69) is 48.2 Å². The highest BCUT2D eigenvalue weighted by Crippen LogP contribution is 2.21. The second-order valence-electron chi connectivity index (χ2n) is 5.18. The minimum Gasteiger partial charge on any atom is -0.334 e. The third-order valence-electron chi connectivity index (χ3n) is 3.37. The fraction of sp³-hybridized carbons (Fsp3) is 0.235. The average molecular weight is 344 g/mol. The molecule has 0 atom stereocenters. The van der Waals surface area contributed by atoms with Gasteiger partial charge in [0.05, 0.1) is 5.75 Å². The summed E-state index contributed by atoms with van der Waals surface area (Å²) in [6, 6.07) is 5.61. The summed E-state index contributed by atoms with van der Waals surface area (Å²) in [5, 5.41) is 5.44. The molecule has 3 amide bonds. The van der Waals surface area contributed by atoms with Crippen molar-refractivity contribution in [2.24, 2.45) is 0 Å². The first-order chi connectivity index (χ1) is 11.5. The van der Waals surface area contributed by atoms with Gasteiger partial charge >= 0.3 is 6.03 Å². The zero-order valence-corrected chi connectivity index (χ0v) is 14.5. The van der Waals surface area contributed by atoms with Crippen LogP contribution in [-0.4, -0.2) is 33.8 Å². The van der Waals surface area contributed by atoms with Crippen LogP contribution in [-0.2, 0) is 4.79 Å². The molecular weight excluding hydrogens is 324 g/mol. The van der Waals surface area contributed by atoms with Crippen LogP contribution in [0.25, 0.3) is 5.69 Å². The first kappa shape index (κ1) is 17.8. The van der Waals surface area contributed by atoms with Gasteiger partial charge in [0.25, 0.3) is 0 Å². The van der Waals surface area contributed by atoms with Gasteiger partial charge in [-0.15, -0.1) is 6.58 Å². The number of carbonyl (C=O) groups excluding carboxylic acids is 2. The molecule has 0 bridgehead atoms. The van der Waals surface area contributed by atoms with Crippen LogP contribution in [0, 0.1) is 13.8 Å². The molecule has 0 fully saturated rings. The lowest BCUT2D eigenvalue weighted by Gasteiger charge is -2.10. The van der Waals surface area contributed by atoms with Crippen molar-refractivity contribution >= 4 is 23.7 Å². The molecule has 0 aliphatic rings. The van der Waals surface area contributed by atoms with E-state index in [1.807, 2.05) is 16.8 Å². The van der Waals surface area contributed by atoms with Crippen LogP contribution in [0.1, 0.15) is 11.1 Å². The Labute approximate surface area is 145 Å². The lowest BCUT2D eigenvalue weighted by atomic mass is 10.1. The maximum atomic E-state index is 11.8. The van der Waals surface area contributed by atoms with Gasteiger partial charge in [0, 0.05) is 24.6 Å². The second kappa shape index (κ2) is 8.35. The summed E-state index contributed by atoms with van der Waals surface area (Å²) >= 11 is 1.27. The largest absolute Gasteiger partial charge is 0.334 e. The van der Waals surface area contributed by atoms with Gasteiger partial charge in [-0.2, -0.15) is 0 Å². The minimum atomic E-state index is -0.530. The molecule has 0 radical (unpaired) electrons. The maximum absolute atomic E-state index is 11.8. The van der Waals surface area contributed by atoms with Gasteiger partial charge in [-0.3, -0.25) is 14.7 Å². The van der Waals surface area contributed by atoms with Gasteiger partial charge < -0.3 is 5.32 Å². The van der Waals surface area contributed by atoms with E-state index in [9.17, 15) is 9.59 Å². The molecule has 7 heteroatoms.